The second kappa shape index (κ2) is 6.30. The molecule has 1 unspecified atom stereocenters. The van der Waals surface area contributed by atoms with E-state index in [1.807, 2.05) is 0 Å². The average molecular weight is 239 g/mol. The average Bonchev–Trinajstić information content (AvgIpc) is 2.31. The summed E-state index contributed by atoms with van der Waals surface area (Å²) >= 11 is 0. The van der Waals surface area contributed by atoms with Gasteiger partial charge in [0.1, 0.15) is 0 Å². The van der Waals surface area contributed by atoms with Crippen molar-refractivity contribution < 1.29 is 9.84 Å². The highest BCUT2D eigenvalue weighted by atomic mass is 16.5. The maximum Gasteiger partial charge on any atom is 0.215 e. The zero-order valence-corrected chi connectivity index (χ0v) is 10.6. The molecule has 1 atom stereocenters. The standard InChI is InChI=1S/C12H21N3O2/c1-8(2)10(6-7-16)14-12-9(13)4-5-11(15-12)17-3/h4-5,8,10,16H,6-7,13H2,1-3H3,(H,14,15). The minimum Gasteiger partial charge on any atom is -0.481 e. The van der Waals surface area contributed by atoms with E-state index in [1.165, 1.54) is 0 Å². The van der Waals surface area contributed by atoms with Crippen molar-refractivity contribution in [2.45, 2.75) is 26.3 Å². The maximum atomic E-state index is 9.02. The molecule has 0 aliphatic rings. The monoisotopic (exact) mass is 239 g/mol. The van der Waals surface area contributed by atoms with Crippen molar-refractivity contribution in [2.24, 2.45) is 5.92 Å². The summed E-state index contributed by atoms with van der Waals surface area (Å²) in [6.07, 6.45) is 0.663. The molecule has 0 radical (unpaired) electrons. The van der Waals surface area contributed by atoms with Crippen LogP contribution in [0.3, 0.4) is 0 Å². The first-order valence-corrected chi connectivity index (χ1v) is 5.76. The number of methoxy groups -OCH3 is 1. The highest BCUT2D eigenvalue weighted by molar-refractivity contribution is 5.62. The minimum absolute atomic E-state index is 0.139. The number of rotatable bonds is 6. The molecule has 0 aliphatic carbocycles. The first kappa shape index (κ1) is 13.6. The van der Waals surface area contributed by atoms with Crippen molar-refractivity contribution in [1.29, 1.82) is 0 Å². The number of aromatic nitrogens is 1. The summed E-state index contributed by atoms with van der Waals surface area (Å²) in [5.41, 5.74) is 6.42. The van der Waals surface area contributed by atoms with Crippen molar-refractivity contribution in [3.8, 4) is 5.88 Å². The molecule has 5 heteroatoms. The first-order valence-electron chi connectivity index (χ1n) is 5.76. The third-order valence-corrected chi connectivity index (χ3v) is 2.68. The number of nitrogen functional groups attached to an aromatic ring is 1. The van der Waals surface area contributed by atoms with Gasteiger partial charge in [0.2, 0.25) is 5.88 Å². The molecule has 0 amide bonds. The number of ether oxygens (including phenoxy) is 1. The Kier molecular flexibility index (Phi) is 5.03. The molecule has 1 heterocycles. The Morgan fingerprint density at radius 2 is 2.18 bits per heavy atom. The van der Waals surface area contributed by atoms with Gasteiger partial charge in [0, 0.05) is 18.7 Å². The van der Waals surface area contributed by atoms with Crippen molar-refractivity contribution in [3.05, 3.63) is 12.1 Å². The van der Waals surface area contributed by atoms with Gasteiger partial charge in [0.25, 0.3) is 0 Å². The molecule has 96 valence electrons. The van der Waals surface area contributed by atoms with Gasteiger partial charge in [-0.15, -0.1) is 0 Å². The molecule has 0 aliphatic heterocycles. The van der Waals surface area contributed by atoms with Gasteiger partial charge in [0.05, 0.1) is 12.8 Å². The van der Waals surface area contributed by atoms with E-state index in [1.54, 1.807) is 19.2 Å². The van der Waals surface area contributed by atoms with Crippen LogP contribution in [0.25, 0.3) is 0 Å². The van der Waals surface area contributed by atoms with Gasteiger partial charge in [-0.05, 0) is 18.4 Å². The SMILES string of the molecule is COc1ccc(N)c(NC(CCO)C(C)C)n1. The third-order valence-electron chi connectivity index (χ3n) is 2.68. The van der Waals surface area contributed by atoms with E-state index in [9.17, 15) is 0 Å². The summed E-state index contributed by atoms with van der Waals surface area (Å²) in [6.45, 7) is 4.31. The lowest BCUT2D eigenvalue weighted by molar-refractivity contribution is 0.267. The van der Waals surface area contributed by atoms with Gasteiger partial charge in [0.15, 0.2) is 5.82 Å². The van der Waals surface area contributed by atoms with Gasteiger partial charge >= 0.3 is 0 Å². The second-order valence-electron chi connectivity index (χ2n) is 4.30. The Hall–Kier alpha value is -1.49. The predicted molar refractivity (Wildman–Crippen MR) is 69.2 cm³/mol. The largest absolute Gasteiger partial charge is 0.481 e. The van der Waals surface area contributed by atoms with Crippen LogP contribution in [-0.2, 0) is 0 Å². The Morgan fingerprint density at radius 3 is 2.71 bits per heavy atom. The molecule has 0 spiro atoms. The molecule has 1 rings (SSSR count). The molecule has 1 aromatic rings. The van der Waals surface area contributed by atoms with E-state index >= 15 is 0 Å². The van der Waals surface area contributed by atoms with Crippen LogP contribution in [0.1, 0.15) is 20.3 Å². The summed E-state index contributed by atoms with van der Waals surface area (Å²) in [4.78, 5) is 4.26. The molecule has 0 fully saturated rings. The number of aliphatic hydroxyl groups excluding tert-OH is 1. The molecule has 5 nitrogen and oxygen atoms in total. The van der Waals surface area contributed by atoms with Crippen LogP contribution in [0.5, 0.6) is 5.88 Å². The molecule has 1 aromatic heterocycles. The molecular formula is C12H21N3O2. The van der Waals surface area contributed by atoms with Crippen molar-refractivity contribution in [1.82, 2.24) is 4.98 Å². The molecule has 4 N–H and O–H groups in total. The van der Waals surface area contributed by atoms with E-state index in [2.05, 4.69) is 24.1 Å². The number of anilines is 2. The number of hydrogen-bond donors (Lipinski definition) is 3. The van der Waals surface area contributed by atoms with E-state index in [4.69, 9.17) is 15.6 Å². The van der Waals surface area contributed by atoms with Gasteiger partial charge in [-0.1, -0.05) is 13.8 Å². The van der Waals surface area contributed by atoms with Gasteiger partial charge in [-0.3, -0.25) is 0 Å². The van der Waals surface area contributed by atoms with Crippen LogP contribution in [0, 0.1) is 5.92 Å². The number of hydrogen-bond acceptors (Lipinski definition) is 5. The molecule has 17 heavy (non-hydrogen) atoms. The number of pyridine rings is 1. The van der Waals surface area contributed by atoms with Crippen LogP contribution in [0.2, 0.25) is 0 Å². The lowest BCUT2D eigenvalue weighted by Gasteiger charge is -2.23. The Labute approximate surface area is 102 Å². The van der Waals surface area contributed by atoms with Crippen LogP contribution in [0.15, 0.2) is 12.1 Å². The summed E-state index contributed by atoms with van der Waals surface area (Å²) in [5.74, 6) is 1.51. The zero-order valence-electron chi connectivity index (χ0n) is 10.6. The topological polar surface area (TPSA) is 80.4 Å². The summed E-state index contributed by atoms with van der Waals surface area (Å²) < 4.78 is 5.06. The van der Waals surface area contributed by atoms with Gasteiger partial charge in [-0.2, -0.15) is 4.98 Å². The highest BCUT2D eigenvalue weighted by Gasteiger charge is 2.14. The highest BCUT2D eigenvalue weighted by Crippen LogP contribution is 2.22. The Bertz CT molecular complexity index is 356. The summed E-state index contributed by atoms with van der Waals surface area (Å²) in [7, 11) is 1.57. The van der Waals surface area contributed by atoms with E-state index in [0.29, 0.717) is 29.7 Å². The number of nitrogens with zero attached hydrogens (tertiary/aromatic N) is 1. The number of aliphatic hydroxyl groups is 1. The smallest absolute Gasteiger partial charge is 0.215 e. The fraction of sp³-hybridized carbons (Fsp3) is 0.583. The fourth-order valence-corrected chi connectivity index (χ4v) is 1.57. The van der Waals surface area contributed by atoms with Gasteiger partial charge < -0.3 is 20.9 Å². The van der Waals surface area contributed by atoms with E-state index in [-0.39, 0.29) is 12.6 Å². The Balaban J connectivity index is 2.84. The minimum atomic E-state index is 0.139. The number of nitrogens with two attached hydrogens (primary N) is 1. The van der Waals surface area contributed by atoms with Crippen molar-refractivity contribution in [2.75, 3.05) is 24.8 Å². The lowest BCUT2D eigenvalue weighted by Crippen LogP contribution is -2.27. The second-order valence-corrected chi connectivity index (χ2v) is 4.30. The Morgan fingerprint density at radius 1 is 1.47 bits per heavy atom. The number of nitrogens with one attached hydrogen (secondary N) is 1. The third kappa shape index (κ3) is 3.78. The van der Waals surface area contributed by atoms with E-state index in [0.717, 1.165) is 0 Å². The van der Waals surface area contributed by atoms with Gasteiger partial charge in [-0.25, -0.2) is 0 Å². The lowest BCUT2D eigenvalue weighted by atomic mass is 10.0. The molecule has 0 bridgehead atoms. The predicted octanol–water partition coefficient (Wildman–Crippen LogP) is 1.49. The normalized spacial score (nSPS) is 12.5. The van der Waals surface area contributed by atoms with E-state index < -0.39 is 0 Å². The van der Waals surface area contributed by atoms with Crippen LogP contribution in [-0.4, -0.2) is 29.8 Å². The zero-order chi connectivity index (χ0) is 12.8. The van der Waals surface area contributed by atoms with Crippen molar-refractivity contribution in [3.63, 3.8) is 0 Å². The molecule has 0 saturated heterocycles. The molecule has 0 aromatic carbocycles. The van der Waals surface area contributed by atoms with Crippen molar-refractivity contribution >= 4 is 11.5 Å². The summed E-state index contributed by atoms with van der Waals surface area (Å²) in [6, 6.07) is 3.61. The van der Waals surface area contributed by atoms with Crippen LogP contribution >= 0.6 is 0 Å². The molecular weight excluding hydrogens is 218 g/mol. The first-order chi connectivity index (χ1) is 8.08. The summed E-state index contributed by atoms with van der Waals surface area (Å²) in [5, 5.41) is 12.3. The molecule has 0 saturated carbocycles. The van der Waals surface area contributed by atoms with Crippen LogP contribution < -0.4 is 15.8 Å². The van der Waals surface area contributed by atoms with Crippen LogP contribution in [0.4, 0.5) is 11.5 Å². The maximum absolute atomic E-state index is 9.02. The fourth-order valence-electron chi connectivity index (χ4n) is 1.57. The quantitative estimate of drug-likeness (QED) is 0.701.